The van der Waals surface area contributed by atoms with Gasteiger partial charge >= 0.3 is 0 Å². The predicted molar refractivity (Wildman–Crippen MR) is 59.2 cm³/mol. The minimum atomic E-state index is -0.581. The summed E-state index contributed by atoms with van der Waals surface area (Å²) in [6, 6.07) is 0. The maximum Gasteiger partial charge on any atom is 0.255 e. The van der Waals surface area contributed by atoms with Crippen LogP contribution in [0.15, 0.2) is 18.6 Å². The number of aromatic nitrogens is 4. The molecule has 0 atom stereocenters. The van der Waals surface area contributed by atoms with Gasteiger partial charge in [0.1, 0.15) is 5.82 Å². The van der Waals surface area contributed by atoms with Crippen LogP contribution in [0, 0.1) is 5.82 Å². The molecule has 0 spiro atoms. The Labute approximate surface area is 97.5 Å². The van der Waals surface area contributed by atoms with E-state index in [1.165, 1.54) is 7.11 Å². The Morgan fingerprint density at radius 2 is 2.29 bits per heavy atom. The summed E-state index contributed by atoms with van der Waals surface area (Å²) in [5.41, 5.74) is 0. The third-order valence-corrected chi connectivity index (χ3v) is 2.18. The van der Waals surface area contributed by atoms with Gasteiger partial charge in [-0.05, 0) is 0 Å². The molecule has 0 aromatic carbocycles. The average Bonchev–Trinajstić information content (AvgIpc) is 2.82. The average molecular weight is 237 g/mol. The fraction of sp³-hybridized carbons (Fsp3) is 0.300. The highest BCUT2D eigenvalue weighted by Crippen LogP contribution is 2.16. The van der Waals surface area contributed by atoms with Crippen molar-refractivity contribution in [2.24, 2.45) is 0 Å². The quantitative estimate of drug-likeness (QED) is 0.858. The van der Waals surface area contributed by atoms with Crippen molar-refractivity contribution in [1.29, 1.82) is 0 Å². The van der Waals surface area contributed by atoms with Crippen LogP contribution in [0.2, 0.25) is 0 Å². The van der Waals surface area contributed by atoms with Crippen molar-refractivity contribution in [3.8, 4) is 5.88 Å². The van der Waals surface area contributed by atoms with Crippen LogP contribution in [0.4, 0.5) is 10.3 Å². The van der Waals surface area contributed by atoms with Crippen molar-refractivity contribution in [3.63, 3.8) is 0 Å². The first-order chi connectivity index (χ1) is 8.20. The smallest absolute Gasteiger partial charge is 0.255 e. The molecule has 0 fully saturated rings. The molecule has 0 saturated carbocycles. The van der Waals surface area contributed by atoms with Crippen LogP contribution in [0.3, 0.4) is 0 Å². The van der Waals surface area contributed by atoms with Gasteiger partial charge in [0, 0.05) is 19.4 Å². The lowest BCUT2D eigenvalue weighted by Crippen LogP contribution is -2.20. The van der Waals surface area contributed by atoms with E-state index in [0.29, 0.717) is 12.5 Å². The third-order valence-electron chi connectivity index (χ3n) is 2.18. The second-order valence-corrected chi connectivity index (χ2v) is 3.42. The number of anilines is 1. The zero-order valence-electron chi connectivity index (χ0n) is 9.51. The summed E-state index contributed by atoms with van der Waals surface area (Å²) in [5.74, 6) is 0.503. The lowest BCUT2D eigenvalue weighted by Gasteiger charge is -2.15. The molecule has 0 aliphatic carbocycles. The molecule has 7 heteroatoms. The third kappa shape index (κ3) is 2.49. The standard InChI is InChI=1S/C10H12FN5O/c1-16(6-8-12-3-4-13-8)10-14-5-7(11)9(15-10)17-2/h3-5H,6H2,1-2H3,(H,12,13). The van der Waals surface area contributed by atoms with Gasteiger partial charge in [-0.1, -0.05) is 0 Å². The number of ether oxygens (including phenoxy) is 1. The maximum absolute atomic E-state index is 13.1. The molecular weight excluding hydrogens is 225 g/mol. The van der Waals surface area contributed by atoms with Gasteiger partial charge in [-0.15, -0.1) is 0 Å². The van der Waals surface area contributed by atoms with E-state index >= 15 is 0 Å². The van der Waals surface area contributed by atoms with Gasteiger partial charge in [0.15, 0.2) is 0 Å². The molecule has 0 amide bonds. The molecular formula is C10H12FN5O. The summed E-state index contributed by atoms with van der Waals surface area (Å²) >= 11 is 0. The van der Waals surface area contributed by atoms with Crippen molar-refractivity contribution in [2.75, 3.05) is 19.1 Å². The molecule has 2 rings (SSSR count). The summed E-state index contributed by atoms with van der Waals surface area (Å²) in [6.45, 7) is 0.502. The van der Waals surface area contributed by atoms with E-state index in [0.717, 1.165) is 12.0 Å². The first-order valence-electron chi connectivity index (χ1n) is 4.96. The highest BCUT2D eigenvalue weighted by Gasteiger charge is 2.11. The highest BCUT2D eigenvalue weighted by atomic mass is 19.1. The van der Waals surface area contributed by atoms with E-state index < -0.39 is 5.82 Å². The number of imidazole rings is 1. The fourth-order valence-corrected chi connectivity index (χ4v) is 1.35. The van der Waals surface area contributed by atoms with E-state index in [4.69, 9.17) is 4.74 Å². The van der Waals surface area contributed by atoms with Gasteiger partial charge in [0.2, 0.25) is 11.8 Å². The number of hydrogen-bond donors (Lipinski definition) is 1. The molecule has 0 aliphatic rings. The second-order valence-electron chi connectivity index (χ2n) is 3.42. The fourth-order valence-electron chi connectivity index (χ4n) is 1.35. The van der Waals surface area contributed by atoms with Gasteiger partial charge in [0.05, 0.1) is 19.9 Å². The number of halogens is 1. The Morgan fingerprint density at radius 3 is 2.94 bits per heavy atom. The SMILES string of the molecule is COc1nc(N(C)Cc2ncc[nH]2)ncc1F. The molecule has 1 N–H and O–H groups in total. The van der Waals surface area contributed by atoms with E-state index in [2.05, 4.69) is 19.9 Å². The number of hydrogen-bond acceptors (Lipinski definition) is 5. The molecule has 0 unspecified atom stereocenters. The zero-order valence-corrected chi connectivity index (χ0v) is 9.51. The molecule has 6 nitrogen and oxygen atoms in total. The summed E-state index contributed by atoms with van der Waals surface area (Å²) < 4.78 is 17.9. The van der Waals surface area contributed by atoms with Crippen molar-refractivity contribution in [1.82, 2.24) is 19.9 Å². The van der Waals surface area contributed by atoms with Crippen molar-refractivity contribution in [3.05, 3.63) is 30.2 Å². The minimum Gasteiger partial charge on any atom is -0.479 e. The Hall–Kier alpha value is -2.18. The number of rotatable bonds is 4. The lowest BCUT2D eigenvalue weighted by atomic mass is 10.5. The van der Waals surface area contributed by atoms with Crippen LogP contribution in [-0.4, -0.2) is 34.1 Å². The molecule has 17 heavy (non-hydrogen) atoms. The normalized spacial score (nSPS) is 10.3. The maximum atomic E-state index is 13.1. The van der Waals surface area contributed by atoms with Gasteiger partial charge < -0.3 is 14.6 Å². The minimum absolute atomic E-state index is 0.0682. The van der Waals surface area contributed by atoms with Crippen molar-refractivity contribution >= 4 is 5.95 Å². The highest BCUT2D eigenvalue weighted by molar-refractivity contribution is 5.31. The van der Waals surface area contributed by atoms with Crippen LogP contribution < -0.4 is 9.64 Å². The van der Waals surface area contributed by atoms with Crippen LogP contribution >= 0.6 is 0 Å². The van der Waals surface area contributed by atoms with Gasteiger partial charge in [-0.2, -0.15) is 9.37 Å². The number of nitrogens with one attached hydrogen (secondary N) is 1. The van der Waals surface area contributed by atoms with Crippen molar-refractivity contribution < 1.29 is 9.13 Å². The van der Waals surface area contributed by atoms with Crippen molar-refractivity contribution in [2.45, 2.75) is 6.54 Å². The number of nitrogens with zero attached hydrogens (tertiary/aromatic N) is 4. The number of methoxy groups -OCH3 is 1. The van der Waals surface area contributed by atoms with Crippen LogP contribution in [0.1, 0.15) is 5.82 Å². The summed E-state index contributed by atoms with van der Waals surface area (Å²) in [6.07, 6.45) is 4.48. The summed E-state index contributed by atoms with van der Waals surface area (Å²) in [5, 5.41) is 0. The van der Waals surface area contributed by atoms with E-state index in [9.17, 15) is 4.39 Å². The molecule has 2 heterocycles. The Bertz CT molecular complexity index is 487. The first-order valence-corrected chi connectivity index (χ1v) is 4.96. The summed E-state index contributed by atoms with van der Waals surface area (Å²) in [4.78, 5) is 16.6. The molecule has 2 aromatic rings. The van der Waals surface area contributed by atoms with Gasteiger partial charge in [0.25, 0.3) is 5.88 Å². The Morgan fingerprint density at radius 1 is 1.47 bits per heavy atom. The Kier molecular flexibility index (Phi) is 3.17. The van der Waals surface area contributed by atoms with E-state index in [1.54, 1.807) is 24.3 Å². The molecule has 2 aromatic heterocycles. The molecule has 0 aliphatic heterocycles. The van der Waals surface area contributed by atoms with E-state index in [-0.39, 0.29) is 5.88 Å². The molecule has 0 saturated heterocycles. The summed E-state index contributed by atoms with van der Waals surface area (Å²) in [7, 11) is 3.15. The zero-order chi connectivity index (χ0) is 12.3. The monoisotopic (exact) mass is 237 g/mol. The molecule has 0 radical (unpaired) electrons. The molecule has 90 valence electrons. The van der Waals surface area contributed by atoms with Crippen LogP contribution in [0.5, 0.6) is 5.88 Å². The lowest BCUT2D eigenvalue weighted by molar-refractivity contribution is 0.367. The van der Waals surface area contributed by atoms with Crippen LogP contribution in [-0.2, 0) is 6.54 Å². The van der Waals surface area contributed by atoms with Gasteiger partial charge in [-0.3, -0.25) is 0 Å². The largest absolute Gasteiger partial charge is 0.479 e. The number of aromatic amines is 1. The van der Waals surface area contributed by atoms with E-state index in [1.807, 2.05) is 0 Å². The Balaban J connectivity index is 2.16. The van der Waals surface area contributed by atoms with Gasteiger partial charge in [-0.25, -0.2) is 9.97 Å². The first kappa shape index (κ1) is 11.3. The van der Waals surface area contributed by atoms with Crippen LogP contribution in [0.25, 0.3) is 0 Å². The second kappa shape index (κ2) is 4.77. The molecule has 0 bridgehead atoms. The topological polar surface area (TPSA) is 66.9 Å². The predicted octanol–water partition coefficient (Wildman–Crippen LogP) is 0.984. The number of H-pyrrole nitrogens is 1.